The van der Waals surface area contributed by atoms with E-state index in [1.165, 1.54) is 16.5 Å². The van der Waals surface area contributed by atoms with Gasteiger partial charge in [-0.15, -0.1) is 0 Å². The molecule has 3 nitrogen and oxygen atoms in total. The Labute approximate surface area is 282 Å². The highest BCUT2D eigenvalue weighted by Crippen LogP contribution is 2.46. The molecule has 0 bridgehead atoms. The summed E-state index contributed by atoms with van der Waals surface area (Å²) in [5.41, 5.74) is 11.1. The van der Waals surface area contributed by atoms with Crippen molar-refractivity contribution in [1.29, 1.82) is 0 Å². The number of fused-ring (bicyclic) bond motifs is 7. The van der Waals surface area contributed by atoms with Gasteiger partial charge in [0.05, 0.1) is 11.4 Å². The largest absolute Gasteiger partial charge is 0.456 e. The molecule has 0 aliphatic carbocycles. The van der Waals surface area contributed by atoms with Crippen molar-refractivity contribution in [3.05, 3.63) is 176 Å². The molecule has 0 unspecified atom stereocenters. The van der Waals surface area contributed by atoms with E-state index in [-0.39, 0.29) is 0 Å². The van der Waals surface area contributed by atoms with Crippen LogP contribution in [0.3, 0.4) is 0 Å². The van der Waals surface area contributed by atoms with Gasteiger partial charge in [0, 0.05) is 33.3 Å². The summed E-state index contributed by atoms with van der Waals surface area (Å²) in [4.78, 5) is 2.30. The van der Waals surface area contributed by atoms with Crippen molar-refractivity contribution >= 4 is 71.7 Å². The van der Waals surface area contributed by atoms with E-state index >= 15 is 0 Å². The van der Waals surface area contributed by atoms with E-state index < -0.39 is 0 Å². The molecule has 0 spiro atoms. The Bertz CT molecular complexity index is 2830. The molecule has 0 amide bonds. The van der Waals surface area contributed by atoms with Gasteiger partial charge >= 0.3 is 0 Å². The van der Waals surface area contributed by atoms with Crippen LogP contribution in [0.5, 0.6) is 0 Å². The molecular weight excluding hydrogens is 599 g/mol. The number of nitrogens with zero attached hydrogens (tertiary/aromatic N) is 1. The molecule has 0 aliphatic heterocycles. The van der Waals surface area contributed by atoms with Crippen LogP contribution < -0.4 is 4.90 Å². The zero-order valence-corrected chi connectivity index (χ0v) is 26.5. The fourth-order valence-corrected chi connectivity index (χ4v) is 7.32. The van der Waals surface area contributed by atoms with E-state index in [2.05, 4.69) is 169 Å². The van der Waals surface area contributed by atoms with Crippen LogP contribution >= 0.6 is 0 Å². The fourth-order valence-electron chi connectivity index (χ4n) is 7.32. The topological polar surface area (TPSA) is 29.5 Å². The summed E-state index contributed by atoms with van der Waals surface area (Å²) in [7, 11) is 0. The first-order valence-electron chi connectivity index (χ1n) is 16.6. The average Bonchev–Trinajstić information content (AvgIpc) is 3.72. The molecule has 0 saturated heterocycles. The van der Waals surface area contributed by atoms with Crippen molar-refractivity contribution in [2.45, 2.75) is 0 Å². The number of hydrogen-bond acceptors (Lipinski definition) is 3. The van der Waals surface area contributed by atoms with Crippen LogP contribution in [0.4, 0.5) is 17.1 Å². The monoisotopic (exact) mass is 627 g/mol. The molecule has 0 saturated carbocycles. The summed E-state index contributed by atoms with van der Waals surface area (Å²) in [6.45, 7) is 0. The lowest BCUT2D eigenvalue weighted by Crippen LogP contribution is -2.10. The third kappa shape index (κ3) is 4.51. The summed E-state index contributed by atoms with van der Waals surface area (Å²) >= 11 is 0. The summed E-state index contributed by atoms with van der Waals surface area (Å²) in [6.07, 6.45) is 0. The van der Waals surface area contributed by atoms with Crippen molar-refractivity contribution in [3.63, 3.8) is 0 Å². The molecule has 2 aromatic heterocycles. The number of anilines is 3. The second kappa shape index (κ2) is 11.0. The van der Waals surface area contributed by atoms with Gasteiger partial charge in [-0.25, -0.2) is 0 Å². The van der Waals surface area contributed by atoms with Crippen molar-refractivity contribution < 1.29 is 8.83 Å². The Hall–Kier alpha value is -6.58. The van der Waals surface area contributed by atoms with Crippen LogP contribution in [0.15, 0.2) is 185 Å². The Balaban J connectivity index is 1.25. The van der Waals surface area contributed by atoms with Gasteiger partial charge in [-0.3, -0.25) is 0 Å². The third-order valence-corrected chi connectivity index (χ3v) is 9.64. The van der Waals surface area contributed by atoms with Crippen LogP contribution in [0.2, 0.25) is 0 Å². The van der Waals surface area contributed by atoms with Crippen LogP contribution in [-0.4, -0.2) is 0 Å². The lowest BCUT2D eigenvalue weighted by molar-refractivity contribution is 0.667. The Morgan fingerprint density at radius 1 is 0.347 bits per heavy atom. The molecule has 0 N–H and O–H groups in total. The maximum atomic E-state index is 6.79. The van der Waals surface area contributed by atoms with Gasteiger partial charge < -0.3 is 13.7 Å². The van der Waals surface area contributed by atoms with Crippen LogP contribution in [0.25, 0.3) is 76.9 Å². The van der Waals surface area contributed by atoms with E-state index in [1.807, 2.05) is 12.1 Å². The van der Waals surface area contributed by atoms with Gasteiger partial charge in [0.15, 0.2) is 5.58 Å². The minimum absolute atomic E-state index is 0.839. The SMILES string of the molecule is c1ccc(-c2ccc(N(c3ccc4c(c3)oc3ccccc34)c3cccc4c3oc3cc5ccccc5cc34)cc2-c2ccccc2)cc1. The standard InChI is InChI=1S/C46H29NO2/c1-3-12-30(13-4-1)36-24-22-34(28-40(36)31-14-5-2-6-15-31)47(35-23-25-38-37-18-9-10-21-43(37)48-45(38)29-35)42-20-11-19-39-41-26-32-16-7-8-17-33(32)27-44(41)49-46(39)42/h1-29H. The number of para-hydroxylation sites is 2. The minimum atomic E-state index is 0.839. The lowest BCUT2D eigenvalue weighted by Gasteiger charge is -2.27. The quantitative estimate of drug-likeness (QED) is 0.190. The number of hydrogen-bond donors (Lipinski definition) is 0. The Morgan fingerprint density at radius 2 is 0.959 bits per heavy atom. The molecule has 230 valence electrons. The first kappa shape index (κ1) is 27.5. The smallest absolute Gasteiger partial charge is 0.159 e. The molecule has 10 aromatic rings. The van der Waals surface area contributed by atoms with Crippen molar-refractivity contribution in [2.75, 3.05) is 4.90 Å². The molecule has 49 heavy (non-hydrogen) atoms. The molecule has 3 heteroatoms. The van der Waals surface area contributed by atoms with Gasteiger partial charge in [0.25, 0.3) is 0 Å². The fraction of sp³-hybridized carbons (Fsp3) is 0. The maximum absolute atomic E-state index is 6.79. The zero-order chi connectivity index (χ0) is 32.3. The number of benzene rings is 8. The van der Waals surface area contributed by atoms with Gasteiger partial charge in [-0.05, 0) is 81.6 Å². The first-order valence-corrected chi connectivity index (χ1v) is 16.6. The van der Waals surface area contributed by atoms with E-state index in [9.17, 15) is 0 Å². The minimum Gasteiger partial charge on any atom is -0.456 e. The van der Waals surface area contributed by atoms with E-state index in [0.29, 0.717) is 0 Å². The highest BCUT2D eigenvalue weighted by molar-refractivity contribution is 6.14. The second-order valence-corrected chi connectivity index (χ2v) is 12.5. The Kier molecular flexibility index (Phi) is 6.18. The average molecular weight is 628 g/mol. The lowest BCUT2D eigenvalue weighted by atomic mass is 9.93. The summed E-state index contributed by atoms with van der Waals surface area (Å²) in [5.74, 6) is 0. The molecular formula is C46H29NO2. The van der Waals surface area contributed by atoms with Crippen LogP contribution in [0.1, 0.15) is 0 Å². The van der Waals surface area contributed by atoms with Crippen molar-refractivity contribution in [1.82, 2.24) is 0 Å². The molecule has 0 radical (unpaired) electrons. The summed E-state index contributed by atoms with van der Waals surface area (Å²) in [5, 5.41) is 6.74. The zero-order valence-electron chi connectivity index (χ0n) is 26.5. The molecule has 10 rings (SSSR count). The van der Waals surface area contributed by atoms with Crippen molar-refractivity contribution in [2.24, 2.45) is 0 Å². The molecule has 0 aliphatic rings. The molecule has 0 fully saturated rings. The van der Waals surface area contributed by atoms with Crippen LogP contribution in [0, 0.1) is 0 Å². The summed E-state index contributed by atoms with van der Waals surface area (Å²) in [6, 6.07) is 62.0. The predicted octanol–water partition coefficient (Wildman–Crippen LogP) is 13.4. The van der Waals surface area contributed by atoms with Gasteiger partial charge in [0.1, 0.15) is 16.7 Å². The van der Waals surface area contributed by atoms with E-state index in [4.69, 9.17) is 8.83 Å². The molecule has 0 atom stereocenters. The first-order chi connectivity index (χ1) is 24.3. The highest BCUT2D eigenvalue weighted by Gasteiger charge is 2.22. The third-order valence-electron chi connectivity index (χ3n) is 9.64. The second-order valence-electron chi connectivity index (χ2n) is 12.5. The van der Waals surface area contributed by atoms with Gasteiger partial charge in [0.2, 0.25) is 0 Å². The Morgan fingerprint density at radius 3 is 1.78 bits per heavy atom. The van der Waals surface area contributed by atoms with Gasteiger partial charge in [-0.1, -0.05) is 121 Å². The maximum Gasteiger partial charge on any atom is 0.159 e. The van der Waals surface area contributed by atoms with Crippen LogP contribution in [-0.2, 0) is 0 Å². The van der Waals surface area contributed by atoms with Crippen molar-refractivity contribution in [3.8, 4) is 22.3 Å². The van der Waals surface area contributed by atoms with Gasteiger partial charge in [-0.2, -0.15) is 0 Å². The molecule has 2 heterocycles. The van der Waals surface area contributed by atoms with E-state index in [1.54, 1.807) is 0 Å². The predicted molar refractivity (Wildman–Crippen MR) is 204 cm³/mol. The number of rotatable bonds is 5. The highest BCUT2D eigenvalue weighted by atomic mass is 16.3. The molecule has 8 aromatic carbocycles. The normalized spacial score (nSPS) is 11.7. The summed E-state index contributed by atoms with van der Waals surface area (Å²) < 4.78 is 13.2. The van der Waals surface area contributed by atoms with E-state index in [0.717, 1.165) is 77.5 Å². The number of furan rings is 2.